The van der Waals surface area contributed by atoms with E-state index in [0.717, 1.165) is 6.42 Å². The number of aryl methyl sites for hydroxylation is 1. The fourth-order valence-corrected chi connectivity index (χ4v) is 4.03. The Bertz CT molecular complexity index is 855. The number of benzene rings is 3. The molecule has 0 atom stereocenters. The Morgan fingerprint density at radius 3 is 2.28 bits per heavy atom. The van der Waals surface area contributed by atoms with E-state index < -0.39 is 0 Å². The van der Waals surface area contributed by atoms with Crippen LogP contribution < -0.4 is 0 Å². The number of unbranched alkanes of at least 4 members (excludes halogenated alkanes) is 3. The van der Waals surface area contributed by atoms with Crippen molar-refractivity contribution in [3.05, 3.63) is 83.4 Å². The minimum Gasteiger partial charge on any atom is -0.0654 e. The molecule has 3 aromatic rings. The van der Waals surface area contributed by atoms with Gasteiger partial charge in [-0.05, 0) is 58.2 Å². The average molecular weight is 326 g/mol. The molecule has 0 heteroatoms. The molecule has 126 valence electrons. The van der Waals surface area contributed by atoms with E-state index in [9.17, 15) is 0 Å². The second-order valence-corrected chi connectivity index (χ2v) is 7.17. The molecule has 1 aliphatic carbocycles. The normalized spacial score (nSPS) is 12.0. The van der Waals surface area contributed by atoms with Gasteiger partial charge < -0.3 is 0 Å². The van der Waals surface area contributed by atoms with Crippen LogP contribution in [0.25, 0.3) is 22.3 Å². The van der Waals surface area contributed by atoms with Gasteiger partial charge in [0.15, 0.2) is 0 Å². The lowest BCUT2D eigenvalue weighted by Gasteiger charge is -2.10. The summed E-state index contributed by atoms with van der Waals surface area (Å²) in [6.45, 7) is 2.27. The smallest absolute Gasteiger partial charge is 0.000729 e. The molecule has 0 saturated carbocycles. The monoisotopic (exact) mass is 326 g/mol. The zero-order chi connectivity index (χ0) is 17.1. The maximum absolute atomic E-state index is 2.32. The van der Waals surface area contributed by atoms with Crippen LogP contribution in [0.1, 0.15) is 49.3 Å². The lowest BCUT2D eigenvalue weighted by molar-refractivity contribution is 0.667. The molecule has 0 bridgehead atoms. The topological polar surface area (TPSA) is 0 Å². The Labute approximate surface area is 151 Å². The first-order valence-corrected chi connectivity index (χ1v) is 9.66. The molecule has 0 spiro atoms. The molecule has 0 aromatic heterocycles. The van der Waals surface area contributed by atoms with Gasteiger partial charge in [0.05, 0.1) is 0 Å². The summed E-state index contributed by atoms with van der Waals surface area (Å²) in [5, 5.41) is 0. The van der Waals surface area contributed by atoms with E-state index >= 15 is 0 Å². The first-order valence-electron chi connectivity index (χ1n) is 9.66. The van der Waals surface area contributed by atoms with Crippen LogP contribution in [0.15, 0.2) is 66.7 Å². The number of hydrogen-bond acceptors (Lipinski definition) is 0. The van der Waals surface area contributed by atoms with Crippen LogP contribution in [0, 0.1) is 0 Å². The quantitative estimate of drug-likeness (QED) is 0.333. The molecule has 0 radical (unpaired) electrons. The van der Waals surface area contributed by atoms with Crippen molar-refractivity contribution >= 4 is 0 Å². The molecule has 0 unspecified atom stereocenters. The van der Waals surface area contributed by atoms with E-state index in [1.165, 1.54) is 71.0 Å². The predicted octanol–water partition coefficient (Wildman–Crippen LogP) is 7.05. The lowest BCUT2D eigenvalue weighted by atomic mass is 9.94. The van der Waals surface area contributed by atoms with Crippen molar-refractivity contribution in [1.82, 2.24) is 0 Å². The summed E-state index contributed by atoms with van der Waals surface area (Å²) in [7, 11) is 0. The molecule has 0 amide bonds. The Morgan fingerprint density at radius 1 is 0.680 bits per heavy atom. The lowest BCUT2D eigenvalue weighted by Crippen LogP contribution is -1.90. The molecule has 3 aromatic carbocycles. The van der Waals surface area contributed by atoms with Gasteiger partial charge in [0, 0.05) is 0 Å². The van der Waals surface area contributed by atoms with Crippen LogP contribution >= 0.6 is 0 Å². The summed E-state index contributed by atoms with van der Waals surface area (Å²) in [4.78, 5) is 0. The summed E-state index contributed by atoms with van der Waals surface area (Å²) in [5.41, 5.74) is 9.98. The number of rotatable bonds is 6. The maximum atomic E-state index is 2.32. The Hall–Kier alpha value is -2.34. The molecule has 25 heavy (non-hydrogen) atoms. The van der Waals surface area contributed by atoms with Crippen molar-refractivity contribution in [3.8, 4) is 22.3 Å². The van der Waals surface area contributed by atoms with Gasteiger partial charge in [0.2, 0.25) is 0 Å². The van der Waals surface area contributed by atoms with E-state index in [-0.39, 0.29) is 0 Å². The molecular weight excluding hydrogens is 300 g/mol. The van der Waals surface area contributed by atoms with E-state index in [1.54, 1.807) is 0 Å². The largest absolute Gasteiger partial charge is 0.0654 e. The Kier molecular flexibility index (Phi) is 4.70. The van der Waals surface area contributed by atoms with Gasteiger partial charge in [-0.25, -0.2) is 0 Å². The van der Waals surface area contributed by atoms with Gasteiger partial charge in [-0.15, -0.1) is 0 Å². The number of fused-ring (bicyclic) bond motifs is 3. The highest BCUT2D eigenvalue weighted by Crippen LogP contribution is 2.41. The predicted molar refractivity (Wildman–Crippen MR) is 108 cm³/mol. The van der Waals surface area contributed by atoms with Crippen molar-refractivity contribution in [3.63, 3.8) is 0 Å². The highest BCUT2D eigenvalue weighted by Gasteiger charge is 2.20. The molecule has 1 aliphatic rings. The first kappa shape index (κ1) is 16.1. The van der Waals surface area contributed by atoms with Crippen LogP contribution in [0.2, 0.25) is 0 Å². The average Bonchev–Trinajstić information content (AvgIpc) is 3.05. The minimum atomic E-state index is 1.06. The van der Waals surface area contributed by atoms with Gasteiger partial charge in [0.1, 0.15) is 0 Å². The Morgan fingerprint density at radius 2 is 1.44 bits per heavy atom. The van der Waals surface area contributed by atoms with Crippen molar-refractivity contribution in [2.75, 3.05) is 0 Å². The minimum absolute atomic E-state index is 1.06. The van der Waals surface area contributed by atoms with E-state index in [1.807, 2.05) is 0 Å². The van der Waals surface area contributed by atoms with Crippen molar-refractivity contribution in [2.45, 2.75) is 45.4 Å². The second kappa shape index (κ2) is 7.27. The van der Waals surface area contributed by atoms with Crippen molar-refractivity contribution in [1.29, 1.82) is 0 Å². The summed E-state index contributed by atoms with van der Waals surface area (Å²) in [5.74, 6) is 0. The molecule has 0 saturated heterocycles. The van der Waals surface area contributed by atoms with Crippen molar-refractivity contribution < 1.29 is 0 Å². The summed E-state index contributed by atoms with van der Waals surface area (Å²) < 4.78 is 0. The van der Waals surface area contributed by atoms with Crippen LogP contribution in [-0.4, -0.2) is 0 Å². The molecule has 0 nitrogen and oxygen atoms in total. The molecule has 0 N–H and O–H groups in total. The maximum Gasteiger partial charge on any atom is -0.000729 e. The zero-order valence-electron chi connectivity index (χ0n) is 15.1. The van der Waals surface area contributed by atoms with Crippen LogP contribution in [0.3, 0.4) is 0 Å². The molecule has 0 fully saturated rings. The van der Waals surface area contributed by atoms with Crippen LogP contribution in [-0.2, 0) is 12.8 Å². The van der Waals surface area contributed by atoms with E-state index in [4.69, 9.17) is 0 Å². The van der Waals surface area contributed by atoms with Gasteiger partial charge in [0.25, 0.3) is 0 Å². The third-order valence-corrected chi connectivity index (χ3v) is 5.43. The summed E-state index contributed by atoms with van der Waals surface area (Å²) >= 11 is 0. The highest BCUT2D eigenvalue weighted by molar-refractivity contribution is 5.84. The molecule has 0 heterocycles. The van der Waals surface area contributed by atoms with Crippen molar-refractivity contribution in [2.24, 2.45) is 0 Å². The van der Waals surface area contributed by atoms with Crippen LogP contribution in [0.4, 0.5) is 0 Å². The fraction of sp³-hybridized carbons (Fsp3) is 0.280. The van der Waals surface area contributed by atoms with Gasteiger partial charge in [-0.3, -0.25) is 0 Å². The number of hydrogen-bond donors (Lipinski definition) is 0. The van der Waals surface area contributed by atoms with Gasteiger partial charge in [-0.1, -0.05) is 92.9 Å². The van der Waals surface area contributed by atoms with E-state index in [2.05, 4.69) is 73.7 Å². The molecule has 0 aliphatic heterocycles. The third-order valence-electron chi connectivity index (χ3n) is 5.43. The standard InChI is InChI=1S/C25H26/c1-2-3-4-5-9-19-14-16-20(17-15-19)22-12-8-13-24-23-11-7-6-10-21(23)18-25(22)24/h6-8,10-17H,2-5,9,18H2,1H3. The second-order valence-electron chi connectivity index (χ2n) is 7.17. The zero-order valence-corrected chi connectivity index (χ0v) is 15.1. The van der Waals surface area contributed by atoms with Gasteiger partial charge >= 0.3 is 0 Å². The third kappa shape index (κ3) is 3.26. The summed E-state index contributed by atoms with van der Waals surface area (Å²) in [6.07, 6.45) is 7.58. The van der Waals surface area contributed by atoms with E-state index in [0.29, 0.717) is 0 Å². The Balaban J connectivity index is 1.57. The SMILES string of the molecule is CCCCCCc1ccc(-c2cccc3c2Cc2ccccc2-3)cc1. The molecule has 4 rings (SSSR count). The first-order chi connectivity index (χ1) is 12.4. The highest BCUT2D eigenvalue weighted by atomic mass is 14.2. The fourth-order valence-electron chi connectivity index (χ4n) is 4.03. The molecular formula is C25H26. The van der Waals surface area contributed by atoms with Crippen LogP contribution in [0.5, 0.6) is 0 Å². The van der Waals surface area contributed by atoms with Gasteiger partial charge in [-0.2, -0.15) is 0 Å². The summed E-state index contributed by atoms with van der Waals surface area (Å²) in [6, 6.07) is 24.8.